The van der Waals surface area contributed by atoms with Crippen molar-refractivity contribution in [3.8, 4) is 0 Å². The first kappa shape index (κ1) is 13.4. The summed E-state index contributed by atoms with van der Waals surface area (Å²) in [6.07, 6.45) is 15.5. The number of hydrogen-bond acceptors (Lipinski definition) is 1. The molecule has 0 aromatic rings. The predicted octanol–water partition coefficient (Wildman–Crippen LogP) is 4.10. The molecule has 1 saturated heterocycles. The van der Waals surface area contributed by atoms with Crippen molar-refractivity contribution < 1.29 is 0 Å². The van der Waals surface area contributed by atoms with Gasteiger partial charge in [0.05, 0.1) is 0 Å². The molecule has 3 atom stereocenters. The number of allylic oxidation sites excluding steroid dienone is 3. The van der Waals surface area contributed by atoms with Crippen molar-refractivity contribution >= 4 is 17.0 Å². The van der Waals surface area contributed by atoms with E-state index in [1.165, 1.54) is 38.5 Å². The summed E-state index contributed by atoms with van der Waals surface area (Å²) >= 11 is 0. The Hall–Kier alpha value is -0.0800. The summed E-state index contributed by atoms with van der Waals surface area (Å²) in [5.41, 5.74) is 2.15. The molecular weight excluding hydrogens is 274 g/mol. The molecule has 96 valence electrons. The highest BCUT2D eigenvalue weighted by atomic mass is 79.9. The Morgan fingerprint density at radius 1 is 1.35 bits per heavy atom. The highest BCUT2D eigenvalue weighted by molar-refractivity contribution is 8.93. The molecule has 2 heteroatoms. The van der Waals surface area contributed by atoms with Crippen LogP contribution in [0.5, 0.6) is 0 Å². The first-order valence-corrected chi connectivity index (χ1v) is 6.83. The third kappa shape index (κ3) is 1.94. The van der Waals surface area contributed by atoms with Gasteiger partial charge in [0.1, 0.15) is 0 Å². The van der Waals surface area contributed by atoms with Crippen LogP contribution in [0.25, 0.3) is 0 Å². The van der Waals surface area contributed by atoms with E-state index in [-0.39, 0.29) is 17.0 Å². The predicted molar refractivity (Wildman–Crippen MR) is 78.7 cm³/mol. The van der Waals surface area contributed by atoms with Crippen LogP contribution >= 0.6 is 17.0 Å². The number of rotatable bonds is 1. The molecule has 3 aliphatic rings. The van der Waals surface area contributed by atoms with Crippen molar-refractivity contribution in [2.45, 2.75) is 57.5 Å². The topological polar surface area (TPSA) is 3.24 Å². The molecule has 0 aromatic heterocycles. The van der Waals surface area contributed by atoms with Crippen molar-refractivity contribution in [2.75, 3.05) is 7.05 Å². The first-order valence-electron chi connectivity index (χ1n) is 6.83. The average Bonchev–Trinajstić information content (AvgIpc) is 2.53. The Morgan fingerprint density at radius 3 is 2.88 bits per heavy atom. The SMILES string of the molecule is Br.CC1N(C)C2CCCC1(C1=CCCC=C1)C2. The van der Waals surface area contributed by atoms with Gasteiger partial charge in [-0.15, -0.1) is 17.0 Å². The van der Waals surface area contributed by atoms with Crippen LogP contribution in [0, 0.1) is 5.41 Å². The molecule has 1 heterocycles. The van der Waals surface area contributed by atoms with Crippen molar-refractivity contribution in [3.05, 3.63) is 23.8 Å². The second-order valence-corrected chi connectivity index (χ2v) is 5.89. The molecule has 0 radical (unpaired) electrons. The molecular formula is C15H24BrN. The number of nitrogens with zero attached hydrogens (tertiary/aromatic N) is 1. The zero-order valence-corrected chi connectivity index (χ0v) is 12.7. The van der Waals surface area contributed by atoms with Gasteiger partial charge in [-0.3, -0.25) is 4.90 Å². The highest BCUT2D eigenvalue weighted by Gasteiger charge is 2.51. The molecule has 2 fully saturated rings. The summed E-state index contributed by atoms with van der Waals surface area (Å²) in [5, 5.41) is 0. The van der Waals surface area contributed by atoms with E-state index >= 15 is 0 Å². The Kier molecular flexibility index (Phi) is 3.84. The molecule has 17 heavy (non-hydrogen) atoms. The number of likely N-dealkylation sites (tertiary alicyclic amines) is 1. The van der Waals surface area contributed by atoms with Crippen molar-refractivity contribution in [1.29, 1.82) is 0 Å². The zero-order chi connectivity index (χ0) is 11.2. The molecule has 1 aliphatic heterocycles. The van der Waals surface area contributed by atoms with Crippen molar-refractivity contribution in [3.63, 3.8) is 0 Å². The fourth-order valence-corrected chi connectivity index (χ4v) is 4.20. The summed E-state index contributed by atoms with van der Waals surface area (Å²) < 4.78 is 0. The molecule has 0 spiro atoms. The fraction of sp³-hybridized carbons (Fsp3) is 0.733. The van der Waals surface area contributed by atoms with Crippen LogP contribution in [0.2, 0.25) is 0 Å². The van der Waals surface area contributed by atoms with Gasteiger partial charge < -0.3 is 0 Å². The second-order valence-electron chi connectivity index (χ2n) is 5.89. The minimum absolute atomic E-state index is 0. The summed E-state index contributed by atoms with van der Waals surface area (Å²) in [6.45, 7) is 2.44. The third-order valence-electron chi connectivity index (χ3n) is 5.32. The summed E-state index contributed by atoms with van der Waals surface area (Å²) in [6, 6.07) is 1.58. The van der Waals surface area contributed by atoms with Crippen molar-refractivity contribution in [2.24, 2.45) is 5.41 Å². The van der Waals surface area contributed by atoms with Gasteiger partial charge in [0, 0.05) is 17.5 Å². The van der Waals surface area contributed by atoms with E-state index in [0.717, 1.165) is 12.1 Å². The molecule has 0 aromatic carbocycles. The van der Waals surface area contributed by atoms with Crippen LogP contribution < -0.4 is 0 Å². The van der Waals surface area contributed by atoms with Gasteiger partial charge in [0.2, 0.25) is 0 Å². The molecule has 0 N–H and O–H groups in total. The van der Waals surface area contributed by atoms with Crippen LogP contribution in [0.4, 0.5) is 0 Å². The van der Waals surface area contributed by atoms with Gasteiger partial charge in [-0.2, -0.15) is 0 Å². The number of halogens is 1. The number of hydrogen-bond donors (Lipinski definition) is 0. The molecule has 0 amide bonds. The van der Waals surface area contributed by atoms with Gasteiger partial charge >= 0.3 is 0 Å². The molecule has 3 unspecified atom stereocenters. The standard InChI is InChI=1S/C15H23N.BrH/c1-12-15(13-7-4-3-5-8-13)10-6-9-14(11-15)16(12)2;/h4,7-8,12,14H,3,5-6,9-11H2,1-2H3;1H. The van der Waals surface area contributed by atoms with Crippen molar-refractivity contribution in [1.82, 2.24) is 4.90 Å². The lowest BCUT2D eigenvalue weighted by molar-refractivity contribution is 0.222. The van der Waals surface area contributed by atoms with E-state index < -0.39 is 0 Å². The van der Waals surface area contributed by atoms with Crippen LogP contribution in [0.3, 0.4) is 0 Å². The summed E-state index contributed by atoms with van der Waals surface area (Å²) in [4.78, 5) is 2.64. The van der Waals surface area contributed by atoms with Crippen LogP contribution in [0.15, 0.2) is 23.8 Å². The van der Waals surface area contributed by atoms with E-state index in [0.29, 0.717) is 5.41 Å². The van der Waals surface area contributed by atoms with Crippen LogP contribution in [0.1, 0.15) is 45.4 Å². The van der Waals surface area contributed by atoms with Crippen LogP contribution in [-0.4, -0.2) is 24.0 Å². The first-order chi connectivity index (χ1) is 7.74. The van der Waals surface area contributed by atoms with E-state index in [1.807, 2.05) is 0 Å². The van der Waals surface area contributed by atoms with E-state index in [2.05, 4.69) is 37.1 Å². The van der Waals surface area contributed by atoms with Gasteiger partial charge in [-0.1, -0.05) is 24.6 Å². The molecule has 1 saturated carbocycles. The largest absolute Gasteiger partial charge is 0.300 e. The summed E-state index contributed by atoms with van der Waals surface area (Å²) in [7, 11) is 2.33. The lowest BCUT2D eigenvalue weighted by atomic mass is 9.66. The quantitative estimate of drug-likeness (QED) is 0.704. The van der Waals surface area contributed by atoms with E-state index in [9.17, 15) is 0 Å². The Morgan fingerprint density at radius 2 is 2.18 bits per heavy atom. The molecule has 3 rings (SSSR count). The lowest BCUT2D eigenvalue weighted by Crippen LogP contribution is -2.36. The Labute approximate surface area is 116 Å². The number of fused-ring (bicyclic) bond motifs is 2. The monoisotopic (exact) mass is 297 g/mol. The van der Waals surface area contributed by atoms with Gasteiger partial charge in [0.25, 0.3) is 0 Å². The van der Waals surface area contributed by atoms with Crippen LogP contribution in [-0.2, 0) is 0 Å². The second kappa shape index (κ2) is 4.89. The van der Waals surface area contributed by atoms with Gasteiger partial charge in [-0.25, -0.2) is 0 Å². The van der Waals surface area contributed by atoms with E-state index in [1.54, 1.807) is 5.57 Å². The van der Waals surface area contributed by atoms with Gasteiger partial charge in [0.15, 0.2) is 0 Å². The van der Waals surface area contributed by atoms with Gasteiger partial charge in [-0.05, 0) is 51.6 Å². The maximum atomic E-state index is 2.64. The molecule has 1 nitrogen and oxygen atoms in total. The maximum absolute atomic E-state index is 2.64. The minimum Gasteiger partial charge on any atom is -0.300 e. The average molecular weight is 298 g/mol. The molecule has 2 aliphatic carbocycles. The fourth-order valence-electron chi connectivity index (χ4n) is 4.20. The minimum atomic E-state index is 0. The third-order valence-corrected chi connectivity index (χ3v) is 5.32. The Balaban J connectivity index is 0.00000108. The Bertz CT molecular complexity index is 347. The maximum Gasteiger partial charge on any atom is 0.0164 e. The summed E-state index contributed by atoms with van der Waals surface area (Å²) in [5.74, 6) is 0. The smallest absolute Gasteiger partial charge is 0.0164 e. The molecule has 2 bridgehead atoms. The lowest BCUT2D eigenvalue weighted by Gasteiger charge is -2.38. The highest BCUT2D eigenvalue weighted by Crippen LogP contribution is 2.54. The zero-order valence-electron chi connectivity index (χ0n) is 11.0. The normalized spacial score (nSPS) is 40.9. The van der Waals surface area contributed by atoms with E-state index in [4.69, 9.17) is 0 Å².